The van der Waals surface area contributed by atoms with Crippen molar-refractivity contribution in [3.8, 4) is 0 Å². The Kier molecular flexibility index (Phi) is 9.94. The van der Waals surface area contributed by atoms with Crippen molar-refractivity contribution < 1.29 is 4.74 Å². The molecule has 0 fully saturated rings. The molecule has 76 valence electrons. The summed E-state index contributed by atoms with van der Waals surface area (Å²) in [6, 6.07) is 0. The highest BCUT2D eigenvalue weighted by atomic mass is 79.9. The summed E-state index contributed by atoms with van der Waals surface area (Å²) in [4.78, 5) is 0. The van der Waals surface area contributed by atoms with Crippen LogP contribution in [0.15, 0.2) is 24.3 Å². The van der Waals surface area contributed by atoms with Crippen LogP contribution >= 0.6 is 15.9 Å². The fraction of sp³-hybridized carbons (Fsp3) is 0.636. The lowest BCUT2D eigenvalue weighted by molar-refractivity contribution is 0.150. The van der Waals surface area contributed by atoms with Crippen molar-refractivity contribution in [1.82, 2.24) is 0 Å². The molecule has 0 radical (unpaired) electrons. The van der Waals surface area contributed by atoms with Crippen LogP contribution in [0.3, 0.4) is 0 Å². The lowest BCUT2D eigenvalue weighted by Crippen LogP contribution is -2.02. The fourth-order valence-corrected chi connectivity index (χ4v) is 1.08. The SMILES string of the molecule is C/C=C/C=C/COCCC(C)CBr. The molecule has 1 atom stereocenters. The molecule has 2 heteroatoms. The maximum absolute atomic E-state index is 5.41. The van der Waals surface area contributed by atoms with E-state index in [-0.39, 0.29) is 0 Å². The van der Waals surface area contributed by atoms with Crippen LogP contribution in [0, 0.1) is 5.92 Å². The van der Waals surface area contributed by atoms with Crippen LogP contribution in [-0.2, 0) is 4.74 Å². The molecule has 0 saturated carbocycles. The van der Waals surface area contributed by atoms with Gasteiger partial charge in [0.15, 0.2) is 0 Å². The Bertz CT molecular complexity index is 152. The Balaban J connectivity index is 3.16. The van der Waals surface area contributed by atoms with Gasteiger partial charge in [0.1, 0.15) is 0 Å². The van der Waals surface area contributed by atoms with Crippen molar-refractivity contribution in [3.05, 3.63) is 24.3 Å². The number of ether oxygens (including phenoxy) is 1. The van der Waals surface area contributed by atoms with Gasteiger partial charge in [0.05, 0.1) is 6.61 Å². The van der Waals surface area contributed by atoms with Crippen LogP contribution in [0.4, 0.5) is 0 Å². The van der Waals surface area contributed by atoms with Crippen LogP contribution in [0.2, 0.25) is 0 Å². The minimum absolute atomic E-state index is 0.708. The molecule has 0 aromatic carbocycles. The maximum Gasteiger partial charge on any atom is 0.0650 e. The van der Waals surface area contributed by atoms with Crippen LogP contribution in [0.1, 0.15) is 20.3 Å². The summed E-state index contributed by atoms with van der Waals surface area (Å²) < 4.78 is 5.41. The van der Waals surface area contributed by atoms with Crippen molar-refractivity contribution >= 4 is 15.9 Å². The standard InChI is InChI=1S/C11H19BrO/c1-3-4-5-6-8-13-9-7-11(2)10-12/h3-6,11H,7-10H2,1-2H3/b4-3+,6-5+. The highest BCUT2D eigenvalue weighted by molar-refractivity contribution is 9.09. The predicted molar refractivity (Wildman–Crippen MR) is 62.3 cm³/mol. The van der Waals surface area contributed by atoms with Crippen LogP contribution in [0.25, 0.3) is 0 Å². The zero-order valence-corrected chi connectivity index (χ0v) is 10.1. The van der Waals surface area contributed by atoms with Gasteiger partial charge in [-0.2, -0.15) is 0 Å². The van der Waals surface area contributed by atoms with Gasteiger partial charge in [0.25, 0.3) is 0 Å². The molecule has 0 aliphatic carbocycles. The molecular formula is C11H19BrO. The highest BCUT2D eigenvalue weighted by Crippen LogP contribution is 2.04. The van der Waals surface area contributed by atoms with Crippen LogP contribution in [0.5, 0.6) is 0 Å². The molecule has 0 saturated heterocycles. The first-order valence-corrected chi connectivity index (χ1v) is 5.85. The zero-order chi connectivity index (χ0) is 9.94. The number of allylic oxidation sites excluding steroid dienone is 3. The molecule has 0 aromatic rings. The monoisotopic (exact) mass is 246 g/mol. The second kappa shape index (κ2) is 10.0. The largest absolute Gasteiger partial charge is 0.377 e. The van der Waals surface area contributed by atoms with Gasteiger partial charge in [0, 0.05) is 11.9 Å². The lowest BCUT2D eigenvalue weighted by atomic mass is 10.1. The topological polar surface area (TPSA) is 9.23 Å². The van der Waals surface area contributed by atoms with Crippen molar-refractivity contribution in [2.24, 2.45) is 5.92 Å². The van der Waals surface area contributed by atoms with E-state index in [1.165, 1.54) is 0 Å². The van der Waals surface area contributed by atoms with Gasteiger partial charge >= 0.3 is 0 Å². The van der Waals surface area contributed by atoms with Crippen LogP contribution in [-0.4, -0.2) is 18.5 Å². The number of alkyl halides is 1. The number of rotatable bonds is 7. The van der Waals surface area contributed by atoms with E-state index < -0.39 is 0 Å². The van der Waals surface area contributed by atoms with E-state index in [1.807, 2.05) is 31.2 Å². The number of hydrogen-bond acceptors (Lipinski definition) is 1. The molecule has 0 spiro atoms. The Morgan fingerprint density at radius 1 is 1.38 bits per heavy atom. The molecule has 0 heterocycles. The summed E-state index contributed by atoms with van der Waals surface area (Å²) in [5.74, 6) is 0.708. The summed E-state index contributed by atoms with van der Waals surface area (Å²) in [7, 11) is 0. The van der Waals surface area contributed by atoms with Crippen molar-refractivity contribution in [2.45, 2.75) is 20.3 Å². The normalized spacial score (nSPS) is 14.4. The second-order valence-corrected chi connectivity index (χ2v) is 3.72. The van der Waals surface area contributed by atoms with Crippen molar-refractivity contribution in [2.75, 3.05) is 18.5 Å². The molecule has 0 N–H and O–H groups in total. The Labute approximate surface area is 90.0 Å². The molecule has 1 unspecified atom stereocenters. The van der Waals surface area contributed by atoms with E-state index >= 15 is 0 Å². The lowest BCUT2D eigenvalue weighted by Gasteiger charge is -2.06. The van der Waals surface area contributed by atoms with Crippen LogP contribution < -0.4 is 0 Å². The maximum atomic E-state index is 5.41. The first-order valence-electron chi connectivity index (χ1n) is 4.72. The molecule has 0 bridgehead atoms. The number of halogens is 1. The van der Waals surface area contributed by atoms with Gasteiger partial charge in [-0.3, -0.25) is 0 Å². The Hall–Kier alpha value is -0.0800. The third-order valence-electron chi connectivity index (χ3n) is 1.67. The minimum Gasteiger partial charge on any atom is -0.377 e. The fourth-order valence-electron chi connectivity index (χ4n) is 0.758. The number of hydrogen-bond donors (Lipinski definition) is 0. The summed E-state index contributed by atoms with van der Waals surface area (Å²) in [6.07, 6.45) is 9.17. The quantitative estimate of drug-likeness (QED) is 0.379. The van der Waals surface area contributed by atoms with Crippen molar-refractivity contribution in [3.63, 3.8) is 0 Å². The van der Waals surface area contributed by atoms with Gasteiger partial charge < -0.3 is 4.74 Å². The molecule has 1 nitrogen and oxygen atoms in total. The van der Waals surface area contributed by atoms with E-state index in [4.69, 9.17) is 4.74 Å². The first kappa shape index (κ1) is 12.9. The minimum atomic E-state index is 0.708. The Morgan fingerprint density at radius 2 is 2.15 bits per heavy atom. The Morgan fingerprint density at radius 3 is 2.77 bits per heavy atom. The zero-order valence-electron chi connectivity index (χ0n) is 8.50. The van der Waals surface area contributed by atoms with Gasteiger partial charge in [-0.05, 0) is 19.3 Å². The third-order valence-corrected chi connectivity index (χ3v) is 2.78. The predicted octanol–water partition coefficient (Wildman–Crippen LogP) is 3.56. The van der Waals surface area contributed by atoms with Gasteiger partial charge in [-0.25, -0.2) is 0 Å². The average molecular weight is 247 g/mol. The second-order valence-electron chi connectivity index (χ2n) is 3.08. The molecule has 0 amide bonds. The third kappa shape index (κ3) is 9.84. The molecule has 0 aromatic heterocycles. The molecule has 0 rings (SSSR count). The van der Waals surface area contributed by atoms with E-state index in [2.05, 4.69) is 22.9 Å². The molecule has 0 aliphatic heterocycles. The summed E-state index contributed by atoms with van der Waals surface area (Å²) in [6.45, 7) is 5.79. The van der Waals surface area contributed by atoms with Gasteiger partial charge in [0.2, 0.25) is 0 Å². The molecule has 0 aliphatic rings. The highest BCUT2D eigenvalue weighted by Gasteiger charge is 1.97. The summed E-state index contributed by atoms with van der Waals surface area (Å²) in [5, 5.41) is 1.06. The molecular weight excluding hydrogens is 228 g/mol. The van der Waals surface area contributed by atoms with E-state index in [0.717, 1.165) is 25.0 Å². The van der Waals surface area contributed by atoms with Gasteiger partial charge in [-0.1, -0.05) is 47.2 Å². The smallest absolute Gasteiger partial charge is 0.0650 e. The van der Waals surface area contributed by atoms with E-state index in [1.54, 1.807) is 0 Å². The molecule has 13 heavy (non-hydrogen) atoms. The van der Waals surface area contributed by atoms with Crippen molar-refractivity contribution in [1.29, 1.82) is 0 Å². The van der Waals surface area contributed by atoms with Gasteiger partial charge in [-0.15, -0.1) is 0 Å². The average Bonchev–Trinajstić information content (AvgIpc) is 2.16. The summed E-state index contributed by atoms with van der Waals surface area (Å²) >= 11 is 3.44. The summed E-state index contributed by atoms with van der Waals surface area (Å²) in [5.41, 5.74) is 0. The van der Waals surface area contributed by atoms with E-state index in [9.17, 15) is 0 Å². The first-order chi connectivity index (χ1) is 6.31. The van der Waals surface area contributed by atoms with E-state index in [0.29, 0.717) is 5.92 Å².